The maximum atomic E-state index is 11.8. The van der Waals surface area contributed by atoms with Crippen LogP contribution in [0, 0.1) is 0 Å². The van der Waals surface area contributed by atoms with Crippen LogP contribution in [0.1, 0.15) is 0 Å². The highest BCUT2D eigenvalue weighted by molar-refractivity contribution is 7.99. The zero-order valence-corrected chi connectivity index (χ0v) is 11.9. The smallest absolute Gasteiger partial charge is 0.234 e. The molecule has 0 radical (unpaired) electrons. The molecule has 1 aromatic heterocycles. The number of carbonyl (C=O) groups excluding carboxylic acids is 1. The lowest BCUT2D eigenvalue weighted by Gasteiger charge is -2.08. The first kappa shape index (κ1) is 13.8. The van der Waals surface area contributed by atoms with Gasteiger partial charge in [0, 0.05) is 4.90 Å². The van der Waals surface area contributed by atoms with Crippen LogP contribution in [-0.4, -0.2) is 32.8 Å². The molecule has 0 saturated heterocycles. The van der Waals surface area contributed by atoms with E-state index in [1.54, 1.807) is 11.8 Å². The van der Waals surface area contributed by atoms with Crippen molar-refractivity contribution < 1.29 is 4.79 Å². The fraction of sp³-hybridized carbons (Fsp3) is 0.182. The van der Waals surface area contributed by atoms with E-state index in [1.165, 1.54) is 22.8 Å². The van der Waals surface area contributed by atoms with Crippen LogP contribution in [0.4, 0.5) is 5.69 Å². The molecule has 1 amide bonds. The van der Waals surface area contributed by atoms with Crippen LogP contribution in [0.15, 0.2) is 40.6 Å². The van der Waals surface area contributed by atoms with E-state index < -0.39 is 0 Å². The molecule has 0 fully saturated rings. The quantitative estimate of drug-likeness (QED) is 0.641. The molecular formula is C11H13N5OS2. The first-order chi connectivity index (χ1) is 9.20. The second-order valence-corrected chi connectivity index (χ2v) is 5.35. The van der Waals surface area contributed by atoms with E-state index in [4.69, 9.17) is 5.84 Å². The van der Waals surface area contributed by atoms with Gasteiger partial charge in [0.15, 0.2) is 0 Å². The number of carbonyl (C=O) groups is 1. The van der Waals surface area contributed by atoms with Gasteiger partial charge < -0.3 is 11.2 Å². The molecule has 8 heteroatoms. The number of hydrogen-bond donors (Lipinski definition) is 2. The molecule has 1 heterocycles. The molecule has 0 atom stereocenters. The molecule has 2 rings (SSSR count). The van der Waals surface area contributed by atoms with E-state index in [0.29, 0.717) is 5.16 Å². The molecular weight excluding hydrogens is 282 g/mol. The van der Waals surface area contributed by atoms with Gasteiger partial charge in [-0.15, -0.1) is 22.0 Å². The lowest BCUT2D eigenvalue weighted by molar-refractivity contribution is -0.113. The van der Waals surface area contributed by atoms with Gasteiger partial charge in [0.05, 0.1) is 11.4 Å². The SMILES string of the molecule is CSc1ccccc1NC(=O)CSc1nncn1N. The number of aromatic nitrogens is 3. The number of thioether (sulfide) groups is 2. The van der Waals surface area contributed by atoms with Gasteiger partial charge in [0.2, 0.25) is 11.1 Å². The molecule has 3 N–H and O–H groups in total. The second-order valence-electron chi connectivity index (χ2n) is 3.56. The van der Waals surface area contributed by atoms with Crippen molar-refractivity contribution in [2.24, 2.45) is 0 Å². The first-order valence-electron chi connectivity index (χ1n) is 5.41. The summed E-state index contributed by atoms with van der Waals surface area (Å²) in [6.07, 6.45) is 3.36. The summed E-state index contributed by atoms with van der Waals surface area (Å²) in [5, 5.41) is 10.8. The van der Waals surface area contributed by atoms with Crippen LogP contribution in [0.25, 0.3) is 0 Å². The maximum absolute atomic E-state index is 11.8. The van der Waals surface area contributed by atoms with Crippen molar-refractivity contribution in [1.29, 1.82) is 0 Å². The number of rotatable bonds is 5. The Morgan fingerprint density at radius 1 is 1.47 bits per heavy atom. The fourth-order valence-electron chi connectivity index (χ4n) is 1.40. The van der Waals surface area contributed by atoms with Crippen molar-refractivity contribution in [2.45, 2.75) is 10.1 Å². The van der Waals surface area contributed by atoms with Crippen LogP contribution in [0.2, 0.25) is 0 Å². The van der Waals surface area contributed by atoms with Crippen molar-refractivity contribution in [3.05, 3.63) is 30.6 Å². The number of nitrogens with zero attached hydrogens (tertiary/aromatic N) is 3. The zero-order chi connectivity index (χ0) is 13.7. The highest BCUT2D eigenvalue weighted by Gasteiger charge is 2.09. The standard InChI is InChI=1S/C11H13N5OS2/c1-18-9-5-3-2-4-8(9)14-10(17)6-19-11-15-13-7-16(11)12/h2-5,7H,6,12H2,1H3,(H,14,17). The number of benzene rings is 1. The van der Waals surface area contributed by atoms with Gasteiger partial charge in [-0.3, -0.25) is 4.79 Å². The van der Waals surface area contributed by atoms with Crippen molar-refractivity contribution in [2.75, 3.05) is 23.2 Å². The summed E-state index contributed by atoms with van der Waals surface area (Å²) >= 11 is 2.83. The monoisotopic (exact) mass is 295 g/mol. The second kappa shape index (κ2) is 6.48. The van der Waals surface area contributed by atoms with E-state index in [1.807, 2.05) is 30.5 Å². The number of nitrogens with two attached hydrogens (primary N) is 1. The molecule has 19 heavy (non-hydrogen) atoms. The van der Waals surface area contributed by atoms with Gasteiger partial charge in [-0.1, -0.05) is 23.9 Å². The Labute approximate surface area is 119 Å². The Morgan fingerprint density at radius 2 is 2.26 bits per heavy atom. The number of amides is 1. The normalized spacial score (nSPS) is 10.4. The first-order valence-corrected chi connectivity index (χ1v) is 7.62. The van der Waals surface area contributed by atoms with Crippen LogP contribution in [0.5, 0.6) is 0 Å². The molecule has 0 saturated carbocycles. The van der Waals surface area contributed by atoms with Crippen molar-refractivity contribution in [3.63, 3.8) is 0 Å². The number of para-hydroxylation sites is 1. The average Bonchev–Trinajstić information content (AvgIpc) is 2.82. The zero-order valence-electron chi connectivity index (χ0n) is 10.2. The molecule has 0 aliphatic rings. The summed E-state index contributed by atoms with van der Waals surface area (Å²) in [5.74, 6) is 5.69. The Kier molecular flexibility index (Phi) is 4.69. The van der Waals surface area contributed by atoms with Crippen LogP contribution >= 0.6 is 23.5 Å². The van der Waals surface area contributed by atoms with Gasteiger partial charge in [-0.2, -0.15) is 0 Å². The molecule has 0 aliphatic carbocycles. The highest BCUT2D eigenvalue weighted by atomic mass is 32.2. The van der Waals surface area contributed by atoms with E-state index in [0.717, 1.165) is 10.6 Å². The third-order valence-corrected chi connectivity index (χ3v) is 4.01. The summed E-state index contributed by atoms with van der Waals surface area (Å²) in [6, 6.07) is 7.66. The summed E-state index contributed by atoms with van der Waals surface area (Å²) in [5.41, 5.74) is 0.815. The van der Waals surface area contributed by atoms with Gasteiger partial charge in [0.25, 0.3) is 0 Å². The van der Waals surface area contributed by atoms with Crippen LogP contribution in [0.3, 0.4) is 0 Å². The molecule has 0 bridgehead atoms. The number of hydrogen-bond acceptors (Lipinski definition) is 6. The van der Waals surface area contributed by atoms with Gasteiger partial charge >= 0.3 is 0 Å². The van der Waals surface area contributed by atoms with E-state index >= 15 is 0 Å². The van der Waals surface area contributed by atoms with Crippen molar-refractivity contribution in [3.8, 4) is 0 Å². The van der Waals surface area contributed by atoms with Gasteiger partial charge in [-0.05, 0) is 18.4 Å². The number of nitrogen functional groups attached to an aromatic ring is 1. The van der Waals surface area contributed by atoms with Gasteiger partial charge in [-0.25, -0.2) is 4.68 Å². The maximum Gasteiger partial charge on any atom is 0.234 e. The van der Waals surface area contributed by atoms with E-state index in [2.05, 4.69) is 15.5 Å². The third kappa shape index (κ3) is 3.65. The van der Waals surface area contributed by atoms with Crippen LogP contribution in [-0.2, 0) is 4.79 Å². The number of anilines is 1. The molecule has 100 valence electrons. The summed E-state index contributed by atoms with van der Waals surface area (Å²) in [4.78, 5) is 12.9. The lowest BCUT2D eigenvalue weighted by atomic mass is 10.3. The Hall–Kier alpha value is -1.67. The Bertz CT molecular complexity index is 572. The minimum Gasteiger partial charge on any atom is -0.336 e. The number of nitrogens with one attached hydrogen (secondary N) is 1. The average molecular weight is 295 g/mol. The summed E-state index contributed by atoms with van der Waals surface area (Å²) < 4.78 is 1.29. The van der Waals surface area contributed by atoms with Crippen LogP contribution < -0.4 is 11.2 Å². The third-order valence-electron chi connectivity index (χ3n) is 2.25. The minimum atomic E-state index is -0.102. The predicted molar refractivity (Wildman–Crippen MR) is 77.7 cm³/mol. The molecule has 1 aromatic carbocycles. The van der Waals surface area contributed by atoms with Gasteiger partial charge in [0.1, 0.15) is 6.33 Å². The van der Waals surface area contributed by atoms with E-state index in [-0.39, 0.29) is 11.7 Å². The molecule has 6 nitrogen and oxygen atoms in total. The molecule has 0 spiro atoms. The van der Waals surface area contributed by atoms with Crippen molar-refractivity contribution >= 4 is 35.1 Å². The summed E-state index contributed by atoms with van der Waals surface area (Å²) in [6.45, 7) is 0. The minimum absolute atomic E-state index is 0.102. The topological polar surface area (TPSA) is 85.8 Å². The van der Waals surface area contributed by atoms with Crippen molar-refractivity contribution in [1.82, 2.24) is 14.9 Å². The Balaban J connectivity index is 1.93. The summed E-state index contributed by atoms with van der Waals surface area (Å²) in [7, 11) is 0. The Morgan fingerprint density at radius 3 is 2.95 bits per heavy atom. The highest BCUT2D eigenvalue weighted by Crippen LogP contribution is 2.24. The van der Waals surface area contributed by atoms with E-state index in [9.17, 15) is 4.79 Å². The lowest BCUT2D eigenvalue weighted by Crippen LogP contribution is -2.16. The molecule has 2 aromatic rings. The molecule has 0 unspecified atom stereocenters. The predicted octanol–water partition coefficient (Wildman–Crippen LogP) is 1.44. The largest absolute Gasteiger partial charge is 0.336 e. The molecule has 0 aliphatic heterocycles. The fourth-order valence-corrected chi connectivity index (χ4v) is 2.59.